The van der Waals surface area contributed by atoms with Gasteiger partial charge in [-0.15, -0.1) is 0 Å². The fourth-order valence-electron chi connectivity index (χ4n) is 1.61. The van der Waals surface area contributed by atoms with Crippen molar-refractivity contribution in [1.82, 2.24) is 4.72 Å². The molecule has 0 atom stereocenters. The Labute approximate surface area is 144 Å². The molecule has 1 aromatic carbocycles. The molecule has 1 rings (SSSR count). The number of hydrogen-bond acceptors (Lipinski definition) is 3. The minimum absolute atomic E-state index is 0.0802. The van der Waals surface area contributed by atoms with Gasteiger partial charge in [-0.2, -0.15) is 0 Å². The summed E-state index contributed by atoms with van der Waals surface area (Å²) in [5.74, 6) is 0. The first kappa shape index (κ1) is 19.2. The van der Waals surface area contributed by atoms with E-state index in [0.717, 1.165) is 6.42 Å². The van der Waals surface area contributed by atoms with Gasteiger partial charge in [0, 0.05) is 24.7 Å². The summed E-state index contributed by atoms with van der Waals surface area (Å²) in [4.78, 5) is -0.100. The Hall–Kier alpha value is 0.150. The van der Waals surface area contributed by atoms with Crippen LogP contribution in [0.3, 0.4) is 0 Å². The van der Waals surface area contributed by atoms with Crippen LogP contribution in [0.1, 0.15) is 20.3 Å². The minimum Gasteiger partial charge on any atom is -0.385 e. The number of halogens is 3. The van der Waals surface area contributed by atoms with Gasteiger partial charge in [-0.05, 0) is 24.0 Å². The van der Waals surface area contributed by atoms with E-state index in [2.05, 4.69) is 20.7 Å². The van der Waals surface area contributed by atoms with Crippen LogP contribution in [0.4, 0.5) is 0 Å². The average molecular weight is 419 g/mol. The molecule has 0 saturated heterocycles. The van der Waals surface area contributed by atoms with E-state index in [1.54, 1.807) is 7.11 Å². The molecular weight excluding hydrogens is 401 g/mol. The zero-order valence-electron chi connectivity index (χ0n) is 12.0. The number of sulfonamides is 1. The van der Waals surface area contributed by atoms with E-state index in [4.69, 9.17) is 27.9 Å². The number of ether oxygens (including phenoxy) is 1. The van der Waals surface area contributed by atoms with Gasteiger partial charge >= 0.3 is 0 Å². The van der Waals surface area contributed by atoms with Crippen LogP contribution in [-0.2, 0) is 14.8 Å². The summed E-state index contributed by atoms with van der Waals surface area (Å²) < 4.78 is 33.0. The van der Waals surface area contributed by atoms with Crippen molar-refractivity contribution in [3.8, 4) is 0 Å². The Balaban J connectivity index is 2.93. The summed E-state index contributed by atoms with van der Waals surface area (Å²) in [5.41, 5.74) is -0.239. The van der Waals surface area contributed by atoms with Gasteiger partial charge in [0.2, 0.25) is 10.0 Å². The Morgan fingerprint density at radius 1 is 1.29 bits per heavy atom. The second-order valence-corrected chi connectivity index (χ2v) is 8.86. The third-order valence-electron chi connectivity index (χ3n) is 2.96. The summed E-state index contributed by atoms with van der Waals surface area (Å²) in [6.45, 7) is 4.74. The fourth-order valence-corrected chi connectivity index (χ4v) is 4.79. The first-order valence-corrected chi connectivity index (χ1v) is 9.25. The van der Waals surface area contributed by atoms with Crippen LogP contribution in [0.2, 0.25) is 10.0 Å². The minimum atomic E-state index is -3.77. The third kappa shape index (κ3) is 5.69. The van der Waals surface area contributed by atoms with Crippen LogP contribution in [0, 0.1) is 5.41 Å². The van der Waals surface area contributed by atoms with E-state index >= 15 is 0 Å². The zero-order chi connectivity index (χ0) is 16.3. The highest BCUT2D eigenvalue weighted by atomic mass is 79.9. The Morgan fingerprint density at radius 3 is 2.29 bits per heavy atom. The van der Waals surface area contributed by atoms with E-state index in [-0.39, 0.29) is 26.9 Å². The first-order valence-electron chi connectivity index (χ1n) is 6.22. The molecule has 0 heterocycles. The lowest BCUT2D eigenvalue weighted by atomic mass is 9.90. The van der Waals surface area contributed by atoms with Gasteiger partial charge in [0.05, 0.1) is 10.0 Å². The molecule has 120 valence electrons. The van der Waals surface area contributed by atoms with Crippen LogP contribution >= 0.6 is 39.1 Å². The van der Waals surface area contributed by atoms with Crippen molar-refractivity contribution >= 4 is 49.2 Å². The van der Waals surface area contributed by atoms with Crippen LogP contribution in [0.15, 0.2) is 21.5 Å². The molecule has 0 aromatic heterocycles. The smallest absolute Gasteiger partial charge is 0.243 e. The van der Waals surface area contributed by atoms with Crippen molar-refractivity contribution in [1.29, 1.82) is 0 Å². The van der Waals surface area contributed by atoms with Crippen molar-refractivity contribution in [2.24, 2.45) is 5.41 Å². The van der Waals surface area contributed by atoms with Gasteiger partial charge < -0.3 is 4.74 Å². The van der Waals surface area contributed by atoms with E-state index in [0.29, 0.717) is 11.1 Å². The second kappa shape index (κ2) is 7.62. The third-order valence-corrected chi connectivity index (χ3v) is 5.74. The Kier molecular flexibility index (Phi) is 6.96. The van der Waals surface area contributed by atoms with Crippen LogP contribution < -0.4 is 4.72 Å². The van der Waals surface area contributed by atoms with Gasteiger partial charge in [-0.1, -0.05) is 53.0 Å². The molecule has 0 saturated carbocycles. The lowest BCUT2D eigenvalue weighted by molar-refractivity contribution is 0.153. The first-order chi connectivity index (χ1) is 9.59. The van der Waals surface area contributed by atoms with E-state index in [1.807, 2.05) is 13.8 Å². The largest absolute Gasteiger partial charge is 0.385 e. The SMILES string of the molecule is COCCC(C)(C)CNS(=O)(=O)c1c(Cl)cc(Br)cc1Cl. The van der Waals surface area contributed by atoms with E-state index in [9.17, 15) is 8.42 Å². The highest BCUT2D eigenvalue weighted by Crippen LogP contribution is 2.33. The topological polar surface area (TPSA) is 55.4 Å². The number of methoxy groups -OCH3 is 1. The normalized spacial score (nSPS) is 12.7. The molecule has 0 unspecified atom stereocenters. The van der Waals surface area contributed by atoms with Crippen molar-refractivity contribution in [2.45, 2.75) is 25.2 Å². The molecule has 0 radical (unpaired) electrons. The Morgan fingerprint density at radius 2 is 1.81 bits per heavy atom. The van der Waals surface area contributed by atoms with Gasteiger partial charge in [-0.25, -0.2) is 13.1 Å². The molecular formula is C13H18BrCl2NO3S. The van der Waals surface area contributed by atoms with Gasteiger partial charge in [-0.3, -0.25) is 0 Å². The number of hydrogen-bond donors (Lipinski definition) is 1. The monoisotopic (exact) mass is 417 g/mol. The van der Waals surface area contributed by atoms with Crippen LogP contribution in [0.25, 0.3) is 0 Å². The molecule has 0 amide bonds. The lowest BCUT2D eigenvalue weighted by Crippen LogP contribution is -2.35. The lowest BCUT2D eigenvalue weighted by Gasteiger charge is -2.24. The average Bonchev–Trinajstić information content (AvgIpc) is 2.33. The fraction of sp³-hybridized carbons (Fsp3) is 0.538. The molecule has 4 nitrogen and oxygen atoms in total. The van der Waals surface area contributed by atoms with Gasteiger partial charge in [0.15, 0.2) is 0 Å². The summed E-state index contributed by atoms with van der Waals surface area (Å²) in [5, 5.41) is 0.160. The highest BCUT2D eigenvalue weighted by molar-refractivity contribution is 9.10. The van der Waals surface area contributed by atoms with Crippen molar-refractivity contribution in [3.05, 3.63) is 26.7 Å². The maximum absolute atomic E-state index is 12.4. The standard InChI is InChI=1S/C13H18BrCl2NO3S/c1-13(2,4-5-20-3)8-17-21(18,19)12-10(15)6-9(14)7-11(12)16/h6-7,17H,4-5,8H2,1-3H3. The molecule has 21 heavy (non-hydrogen) atoms. The maximum atomic E-state index is 12.4. The molecule has 0 aliphatic carbocycles. The molecule has 1 N–H and O–H groups in total. The van der Waals surface area contributed by atoms with Crippen molar-refractivity contribution in [2.75, 3.05) is 20.3 Å². The molecule has 0 spiro atoms. The van der Waals surface area contributed by atoms with Crippen LogP contribution in [-0.4, -0.2) is 28.7 Å². The Bertz CT molecular complexity index is 582. The molecule has 0 bridgehead atoms. The summed E-state index contributed by atoms with van der Waals surface area (Å²) >= 11 is 15.2. The number of benzene rings is 1. The molecule has 0 aliphatic heterocycles. The van der Waals surface area contributed by atoms with Gasteiger partial charge in [0.25, 0.3) is 0 Å². The van der Waals surface area contributed by atoms with E-state index in [1.165, 1.54) is 12.1 Å². The zero-order valence-corrected chi connectivity index (χ0v) is 16.0. The summed E-state index contributed by atoms with van der Waals surface area (Å²) in [6.07, 6.45) is 0.730. The summed E-state index contributed by atoms with van der Waals surface area (Å²) in [7, 11) is -2.16. The predicted octanol–water partition coefficient (Wildman–Crippen LogP) is 4.10. The predicted molar refractivity (Wildman–Crippen MR) is 89.6 cm³/mol. The van der Waals surface area contributed by atoms with Crippen molar-refractivity contribution in [3.63, 3.8) is 0 Å². The second-order valence-electron chi connectivity index (χ2n) is 5.43. The summed E-state index contributed by atoms with van der Waals surface area (Å²) in [6, 6.07) is 3.00. The molecule has 1 aromatic rings. The molecule has 0 fully saturated rings. The number of nitrogens with one attached hydrogen (secondary N) is 1. The number of rotatable bonds is 7. The maximum Gasteiger partial charge on any atom is 0.243 e. The van der Waals surface area contributed by atoms with Crippen molar-refractivity contribution < 1.29 is 13.2 Å². The highest BCUT2D eigenvalue weighted by Gasteiger charge is 2.26. The molecule has 8 heteroatoms. The quantitative estimate of drug-likeness (QED) is 0.725. The molecule has 0 aliphatic rings. The van der Waals surface area contributed by atoms with Crippen LogP contribution in [0.5, 0.6) is 0 Å². The van der Waals surface area contributed by atoms with Gasteiger partial charge in [0.1, 0.15) is 4.90 Å². The van der Waals surface area contributed by atoms with E-state index < -0.39 is 10.0 Å².